The van der Waals surface area contributed by atoms with Gasteiger partial charge in [-0.15, -0.1) is 0 Å². The third-order valence-electron chi connectivity index (χ3n) is 4.32. The zero-order valence-corrected chi connectivity index (χ0v) is 16.1. The van der Waals surface area contributed by atoms with E-state index in [9.17, 15) is 14.0 Å². The van der Waals surface area contributed by atoms with Crippen molar-refractivity contribution in [3.05, 3.63) is 70.8 Å². The highest BCUT2D eigenvalue weighted by Crippen LogP contribution is 2.23. The molecule has 2 aromatic heterocycles. The number of halogens is 1. The number of nitrogens with zero attached hydrogens (tertiary/aromatic N) is 4. The molecule has 1 aromatic carbocycles. The van der Waals surface area contributed by atoms with Gasteiger partial charge >= 0.3 is 5.69 Å². The monoisotopic (exact) mass is 396 g/mol. The summed E-state index contributed by atoms with van der Waals surface area (Å²) < 4.78 is 15.2. The van der Waals surface area contributed by atoms with Crippen LogP contribution < -0.4 is 16.7 Å². The largest absolute Gasteiger partial charge is 0.351 e. The third kappa shape index (κ3) is 4.46. The summed E-state index contributed by atoms with van der Waals surface area (Å²) in [5, 5.41) is 6.73. The van der Waals surface area contributed by atoms with E-state index >= 15 is 0 Å². The summed E-state index contributed by atoms with van der Waals surface area (Å²) in [6, 6.07) is 9.28. The minimum atomic E-state index is -0.430. The van der Waals surface area contributed by atoms with Crippen LogP contribution in [0.1, 0.15) is 12.5 Å². The number of benzene rings is 1. The number of carbonyl (C=O) groups excluding carboxylic acids is 1. The molecule has 1 amide bonds. The molecule has 150 valence electrons. The smallest absolute Gasteiger partial charge is 0.327 e. The number of aryl methyl sites for hydroxylation is 1. The Morgan fingerprint density at radius 1 is 1.28 bits per heavy atom. The molecular weight excluding hydrogens is 375 g/mol. The number of amides is 1. The van der Waals surface area contributed by atoms with E-state index in [-0.39, 0.29) is 24.6 Å². The maximum Gasteiger partial charge on any atom is 0.351 e. The van der Waals surface area contributed by atoms with Crippen molar-refractivity contribution in [3.63, 3.8) is 0 Å². The molecule has 3 N–H and O–H groups in total. The van der Waals surface area contributed by atoms with Crippen molar-refractivity contribution in [1.29, 1.82) is 0 Å². The highest BCUT2D eigenvalue weighted by atomic mass is 19.1. The number of aromatic nitrogens is 4. The van der Waals surface area contributed by atoms with E-state index < -0.39 is 5.69 Å². The second-order valence-corrected chi connectivity index (χ2v) is 6.54. The lowest BCUT2D eigenvalue weighted by atomic mass is 10.1. The van der Waals surface area contributed by atoms with Gasteiger partial charge in [-0.05, 0) is 41.8 Å². The van der Waals surface area contributed by atoms with Crippen LogP contribution in [-0.4, -0.2) is 31.8 Å². The van der Waals surface area contributed by atoms with E-state index in [1.54, 1.807) is 6.20 Å². The molecule has 0 saturated heterocycles. The van der Waals surface area contributed by atoms with Crippen molar-refractivity contribution in [2.45, 2.75) is 20.4 Å². The van der Waals surface area contributed by atoms with Crippen LogP contribution in [-0.2, 0) is 11.3 Å². The molecule has 0 aliphatic heterocycles. The van der Waals surface area contributed by atoms with E-state index in [1.807, 2.05) is 37.3 Å². The summed E-state index contributed by atoms with van der Waals surface area (Å²) in [5.41, 5.74) is 8.54. The Morgan fingerprint density at radius 2 is 2.00 bits per heavy atom. The number of carbonyl (C=O) groups is 1. The molecule has 3 aromatic rings. The van der Waals surface area contributed by atoms with Gasteiger partial charge in [-0.2, -0.15) is 5.10 Å². The quantitative estimate of drug-likeness (QED) is 0.664. The van der Waals surface area contributed by atoms with Crippen molar-refractivity contribution in [3.8, 4) is 16.9 Å². The van der Waals surface area contributed by atoms with Gasteiger partial charge < -0.3 is 11.1 Å². The van der Waals surface area contributed by atoms with Crippen molar-refractivity contribution < 1.29 is 9.18 Å². The highest BCUT2D eigenvalue weighted by molar-refractivity contribution is 5.89. The molecule has 0 saturated carbocycles. The number of nitrogens with one attached hydrogen (secondary N) is 1. The normalized spacial score (nSPS) is 11.5. The van der Waals surface area contributed by atoms with Crippen LogP contribution in [0.2, 0.25) is 0 Å². The van der Waals surface area contributed by atoms with Gasteiger partial charge in [0.25, 0.3) is 0 Å². The van der Waals surface area contributed by atoms with Crippen molar-refractivity contribution in [1.82, 2.24) is 19.3 Å². The Labute approximate surface area is 166 Å². The molecule has 0 atom stereocenters. The highest BCUT2D eigenvalue weighted by Gasteiger charge is 2.12. The van der Waals surface area contributed by atoms with Crippen molar-refractivity contribution in [2.24, 2.45) is 5.73 Å². The van der Waals surface area contributed by atoms with Crippen LogP contribution in [0.4, 0.5) is 10.1 Å². The van der Waals surface area contributed by atoms with E-state index in [0.717, 1.165) is 21.4 Å². The maximum atomic E-state index is 12.7. The third-order valence-corrected chi connectivity index (χ3v) is 4.32. The number of nitrogens with two attached hydrogens (primary N) is 1. The fourth-order valence-corrected chi connectivity index (χ4v) is 2.85. The molecule has 2 heterocycles. The number of pyridine rings is 1. The zero-order valence-electron chi connectivity index (χ0n) is 16.1. The SMILES string of the molecule is CC(=O)Nc1ccc(-c2cnc(-n3cnn(C/C(=C/F)CN)c3=O)c(C)c2)cc1. The molecule has 0 fully saturated rings. The Bertz CT molecular complexity index is 1110. The lowest BCUT2D eigenvalue weighted by Gasteiger charge is -2.09. The fraction of sp³-hybridized carbons (Fsp3) is 0.200. The molecule has 0 bridgehead atoms. The summed E-state index contributed by atoms with van der Waals surface area (Å²) in [5.74, 6) is 0.310. The van der Waals surface area contributed by atoms with Gasteiger partial charge in [0.2, 0.25) is 5.91 Å². The molecule has 29 heavy (non-hydrogen) atoms. The average molecular weight is 396 g/mol. The van der Waals surface area contributed by atoms with Crippen LogP contribution in [0.5, 0.6) is 0 Å². The van der Waals surface area contributed by atoms with Crippen LogP contribution >= 0.6 is 0 Å². The van der Waals surface area contributed by atoms with Crippen LogP contribution in [0.15, 0.2) is 59.6 Å². The first kappa shape index (κ1) is 20.2. The first-order valence-electron chi connectivity index (χ1n) is 8.90. The fourth-order valence-electron chi connectivity index (χ4n) is 2.85. The van der Waals surface area contributed by atoms with E-state index in [0.29, 0.717) is 17.8 Å². The number of anilines is 1. The second-order valence-electron chi connectivity index (χ2n) is 6.54. The molecule has 8 nitrogen and oxygen atoms in total. The molecular formula is C20H21FN6O2. The van der Waals surface area contributed by atoms with Gasteiger partial charge in [-0.25, -0.2) is 23.4 Å². The summed E-state index contributed by atoms with van der Waals surface area (Å²) >= 11 is 0. The molecule has 3 rings (SSSR count). The Balaban J connectivity index is 1.88. The summed E-state index contributed by atoms with van der Waals surface area (Å²) in [4.78, 5) is 28.1. The van der Waals surface area contributed by atoms with E-state index in [2.05, 4.69) is 15.4 Å². The number of hydrogen-bond acceptors (Lipinski definition) is 5. The van der Waals surface area contributed by atoms with Gasteiger partial charge in [-0.3, -0.25) is 4.79 Å². The Kier molecular flexibility index (Phi) is 5.99. The van der Waals surface area contributed by atoms with Gasteiger partial charge in [0.1, 0.15) is 12.1 Å². The van der Waals surface area contributed by atoms with E-state index in [1.165, 1.54) is 17.8 Å². The molecule has 0 radical (unpaired) electrons. The van der Waals surface area contributed by atoms with E-state index in [4.69, 9.17) is 5.73 Å². The molecule has 0 spiro atoms. The molecule has 0 unspecified atom stereocenters. The minimum Gasteiger partial charge on any atom is -0.327 e. The number of hydrogen-bond donors (Lipinski definition) is 2. The average Bonchev–Trinajstić information content (AvgIpc) is 3.06. The maximum absolute atomic E-state index is 12.7. The molecule has 9 heteroatoms. The lowest BCUT2D eigenvalue weighted by molar-refractivity contribution is -0.114. The van der Waals surface area contributed by atoms with Gasteiger partial charge in [0.15, 0.2) is 0 Å². The predicted octanol–water partition coefficient (Wildman–Crippen LogP) is 2.17. The Morgan fingerprint density at radius 3 is 2.59 bits per heavy atom. The topological polar surface area (TPSA) is 108 Å². The molecule has 0 aliphatic carbocycles. The van der Waals surface area contributed by atoms with Crippen LogP contribution in [0, 0.1) is 6.92 Å². The van der Waals surface area contributed by atoms with Gasteiger partial charge in [0.05, 0.1) is 12.9 Å². The Hall–Kier alpha value is -3.59. The van der Waals surface area contributed by atoms with Crippen LogP contribution in [0.25, 0.3) is 16.9 Å². The van der Waals surface area contributed by atoms with Gasteiger partial charge in [0, 0.05) is 30.9 Å². The molecule has 0 aliphatic rings. The standard InChI is InChI=1S/C20H21FN6O2/c1-13-7-17(16-3-5-18(6-4-16)25-14(2)28)10-23-19(13)26-12-24-27(20(26)29)11-15(8-21)9-22/h3-8,10,12H,9,11,22H2,1-2H3,(H,25,28)/b15-8+. The number of rotatable bonds is 6. The first-order chi connectivity index (χ1) is 13.9. The summed E-state index contributed by atoms with van der Waals surface area (Å²) in [6.07, 6.45) is 3.40. The zero-order chi connectivity index (χ0) is 21.0. The van der Waals surface area contributed by atoms with Crippen molar-refractivity contribution >= 4 is 11.6 Å². The second kappa shape index (κ2) is 8.61. The van der Waals surface area contributed by atoms with Crippen molar-refractivity contribution in [2.75, 3.05) is 11.9 Å². The summed E-state index contributed by atoms with van der Waals surface area (Å²) in [6.45, 7) is 3.28. The predicted molar refractivity (Wildman–Crippen MR) is 108 cm³/mol. The first-order valence-corrected chi connectivity index (χ1v) is 8.90. The summed E-state index contributed by atoms with van der Waals surface area (Å²) in [7, 11) is 0. The minimum absolute atomic E-state index is 0.00248. The van der Waals surface area contributed by atoms with Crippen LogP contribution in [0.3, 0.4) is 0 Å². The lowest BCUT2D eigenvalue weighted by Crippen LogP contribution is -2.26. The van der Waals surface area contributed by atoms with Gasteiger partial charge in [-0.1, -0.05) is 12.1 Å².